The van der Waals surface area contributed by atoms with E-state index in [-0.39, 0.29) is 0 Å². The molecule has 2 nitrogen and oxygen atoms in total. The van der Waals surface area contributed by atoms with Gasteiger partial charge in [-0.15, -0.1) is 11.6 Å². The Hall–Kier alpha value is -0.500. The third-order valence-corrected chi connectivity index (χ3v) is 3.91. The number of aromatic nitrogens is 2. The minimum Gasteiger partial charge on any atom is -0.269 e. The fourth-order valence-corrected chi connectivity index (χ4v) is 2.75. The van der Waals surface area contributed by atoms with Gasteiger partial charge in [-0.2, -0.15) is 5.10 Å². The molecule has 0 saturated heterocycles. The van der Waals surface area contributed by atoms with Crippen LogP contribution in [0.1, 0.15) is 68.8 Å². The van der Waals surface area contributed by atoms with Crippen LogP contribution in [0.4, 0.5) is 0 Å². The first-order valence-corrected chi connectivity index (χ1v) is 7.83. The standard InChI is InChI=1S/C15H27ClN2/c1-4-5-6-7-8-9-10-11-18-14(3)15(12-16)13(2)17-18/h4-12H2,1-3H3. The second-order valence-corrected chi connectivity index (χ2v) is 5.39. The summed E-state index contributed by atoms with van der Waals surface area (Å²) >= 11 is 5.93. The van der Waals surface area contributed by atoms with Crippen molar-refractivity contribution in [2.75, 3.05) is 0 Å². The van der Waals surface area contributed by atoms with E-state index in [0.717, 1.165) is 12.2 Å². The van der Waals surface area contributed by atoms with Crippen LogP contribution in [0.25, 0.3) is 0 Å². The van der Waals surface area contributed by atoms with Gasteiger partial charge < -0.3 is 0 Å². The summed E-state index contributed by atoms with van der Waals surface area (Å²) in [5, 5.41) is 4.56. The highest BCUT2D eigenvalue weighted by Crippen LogP contribution is 2.16. The highest BCUT2D eigenvalue weighted by atomic mass is 35.5. The normalized spacial score (nSPS) is 11.1. The van der Waals surface area contributed by atoms with Crippen molar-refractivity contribution in [1.82, 2.24) is 9.78 Å². The van der Waals surface area contributed by atoms with Crippen LogP contribution in [-0.2, 0) is 12.4 Å². The molecule has 0 radical (unpaired) electrons. The molecule has 18 heavy (non-hydrogen) atoms. The lowest BCUT2D eigenvalue weighted by Gasteiger charge is -2.05. The van der Waals surface area contributed by atoms with Crippen LogP contribution < -0.4 is 0 Å². The predicted molar refractivity (Wildman–Crippen MR) is 79.3 cm³/mol. The van der Waals surface area contributed by atoms with Gasteiger partial charge in [0.15, 0.2) is 0 Å². The Bertz CT molecular complexity index is 345. The second kappa shape index (κ2) is 8.58. The molecule has 0 saturated carbocycles. The van der Waals surface area contributed by atoms with Crippen LogP contribution in [0, 0.1) is 13.8 Å². The van der Waals surface area contributed by atoms with Gasteiger partial charge in [0, 0.05) is 17.8 Å². The number of hydrogen-bond donors (Lipinski definition) is 0. The van der Waals surface area contributed by atoms with E-state index in [1.807, 2.05) is 6.92 Å². The van der Waals surface area contributed by atoms with Crippen molar-refractivity contribution in [2.24, 2.45) is 0 Å². The van der Waals surface area contributed by atoms with Crippen molar-refractivity contribution in [3.05, 3.63) is 17.0 Å². The molecule has 0 bridgehead atoms. The van der Waals surface area contributed by atoms with E-state index >= 15 is 0 Å². The quantitative estimate of drug-likeness (QED) is 0.457. The zero-order chi connectivity index (χ0) is 13.4. The van der Waals surface area contributed by atoms with E-state index in [9.17, 15) is 0 Å². The molecule has 0 atom stereocenters. The topological polar surface area (TPSA) is 17.8 Å². The average Bonchev–Trinajstić information content (AvgIpc) is 2.63. The van der Waals surface area contributed by atoms with Crippen LogP contribution >= 0.6 is 11.6 Å². The van der Waals surface area contributed by atoms with Gasteiger partial charge in [-0.1, -0.05) is 45.4 Å². The largest absolute Gasteiger partial charge is 0.269 e. The molecule has 1 heterocycles. The molecule has 0 N–H and O–H groups in total. The molecule has 0 aliphatic carbocycles. The van der Waals surface area contributed by atoms with Gasteiger partial charge in [-0.3, -0.25) is 4.68 Å². The molecular formula is C15H27ClN2. The van der Waals surface area contributed by atoms with Crippen molar-refractivity contribution < 1.29 is 0 Å². The Morgan fingerprint density at radius 2 is 1.61 bits per heavy atom. The molecule has 1 aromatic heterocycles. The average molecular weight is 271 g/mol. The molecule has 0 aliphatic heterocycles. The number of halogens is 1. The summed E-state index contributed by atoms with van der Waals surface area (Å²) in [6, 6.07) is 0. The fourth-order valence-electron chi connectivity index (χ4n) is 2.36. The molecule has 1 rings (SSSR count). The number of nitrogens with zero attached hydrogens (tertiary/aromatic N) is 2. The molecule has 0 aliphatic rings. The Balaban J connectivity index is 2.23. The smallest absolute Gasteiger partial charge is 0.0640 e. The van der Waals surface area contributed by atoms with Crippen molar-refractivity contribution in [3.63, 3.8) is 0 Å². The Kier molecular flexibility index (Phi) is 7.41. The van der Waals surface area contributed by atoms with E-state index in [2.05, 4.69) is 23.6 Å². The van der Waals surface area contributed by atoms with Gasteiger partial charge in [0.25, 0.3) is 0 Å². The molecule has 0 unspecified atom stereocenters. The summed E-state index contributed by atoms with van der Waals surface area (Å²) < 4.78 is 2.12. The number of unbranched alkanes of at least 4 members (excludes halogenated alkanes) is 6. The van der Waals surface area contributed by atoms with Gasteiger partial charge in [-0.25, -0.2) is 0 Å². The van der Waals surface area contributed by atoms with Crippen molar-refractivity contribution in [2.45, 2.75) is 78.1 Å². The second-order valence-electron chi connectivity index (χ2n) is 5.13. The van der Waals surface area contributed by atoms with Crippen molar-refractivity contribution in [3.8, 4) is 0 Å². The molecule has 1 aromatic rings. The summed E-state index contributed by atoms with van der Waals surface area (Å²) in [5.74, 6) is 0.578. The third-order valence-electron chi connectivity index (χ3n) is 3.64. The van der Waals surface area contributed by atoms with E-state index in [1.54, 1.807) is 0 Å². The van der Waals surface area contributed by atoms with Crippen molar-refractivity contribution in [1.29, 1.82) is 0 Å². The molecule has 0 spiro atoms. The van der Waals surface area contributed by atoms with E-state index < -0.39 is 0 Å². The highest BCUT2D eigenvalue weighted by molar-refractivity contribution is 6.17. The molecule has 0 fully saturated rings. The monoisotopic (exact) mass is 270 g/mol. The predicted octanol–water partition coefficient (Wildman–Crippen LogP) is 4.99. The Morgan fingerprint density at radius 1 is 1.00 bits per heavy atom. The van der Waals surface area contributed by atoms with Gasteiger partial charge in [0.05, 0.1) is 11.6 Å². The summed E-state index contributed by atoms with van der Waals surface area (Å²) in [6.45, 7) is 7.47. The first-order valence-electron chi connectivity index (χ1n) is 7.29. The van der Waals surface area contributed by atoms with E-state index in [4.69, 9.17) is 11.6 Å². The molecule has 3 heteroatoms. The molecule has 0 aromatic carbocycles. The number of aryl methyl sites for hydroxylation is 2. The maximum absolute atomic E-state index is 5.93. The van der Waals surface area contributed by atoms with E-state index in [1.165, 1.54) is 56.2 Å². The minimum absolute atomic E-state index is 0.578. The van der Waals surface area contributed by atoms with Crippen molar-refractivity contribution >= 4 is 11.6 Å². The van der Waals surface area contributed by atoms with Crippen LogP contribution in [-0.4, -0.2) is 9.78 Å². The maximum Gasteiger partial charge on any atom is 0.0640 e. The van der Waals surface area contributed by atoms with Crippen LogP contribution in [0.5, 0.6) is 0 Å². The zero-order valence-electron chi connectivity index (χ0n) is 12.1. The molecular weight excluding hydrogens is 244 g/mol. The Morgan fingerprint density at radius 3 is 2.17 bits per heavy atom. The first-order chi connectivity index (χ1) is 8.70. The van der Waals surface area contributed by atoms with Crippen LogP contribution in [0.2, 0.25) is 0 Å². The van der Waals surface area contributed by atoms with Gasteiger partial charge >= 0.3 is 0 Å². The lowest BCUT2D eigenvalue weighted by Crippen LogP contribution is -2.03. The van der Waals surface area contributed by atoms with Gasteiger partial charge in [0.1, 0.15) is 0 Å². The summed E-state index contributed by atoms with van der Waals surface area (Å²) in [7, 11) is 0. The lowest BCUT2D eigenvalue weighted by molar-refractivity contribution is 0.514. The van der Waals surface area contributed by atoms with Crippen LogP contribution in [0.15, 0.2) is 0 Å². The number of alkyl halides is 1. The third kappa shape index (κ3) is 4.64. The maximum atomic E-state index is 5.93. The summed E-state index contributed by atoms with van der Waals surface area (Å²) in [5.41, 5.74) is 3.54. The highest BCUT2D eigenvalue weighted by Gasteiger charge is 2.09. The van der Waals surface area contributed by atoms with Crippen LogP contribution in [0.3, 0.4) is 0 Å². The molecule has 104 valence electrons. The summed E-state index contributed by atoms with van der Waals surface area (Å²) in [4.78, 5) is 0. The first kappa shape index (κ1) is 15.6. The zero-order valence-corrected chi connectivity index (χ0v) is 12.9. The van der Waals surface area contributed by atoms with E-state index in [0.29, 0.717) is 5.88 Å². The van der Waals surface area contributed by atoms with Gasteiger partial charge in [0.2, 0.25) is 0 Å². The van der Waals surface area contributed by atoms with Gasteiger partial charge in [-0.05, 0) is 20.3 Å². The lowest BCUT2D eigenvalue weighted by atomic mass is 10.1. The molecule has 0 amide bonds. The Labute approximate surface area is 117 Å². The fraction of sp³-hybridized carbons (Fsp3) is 0.800. The SMILES string of the molecule is CCCCCCCCCn1nc(C)c(CCl)c1C. The summed E-state index contributed by atoms with van der Waals surface area (Å²) in [6.07, 6.45) is 9.41. The minimum atomic E-state index is 0.578. The number of rotatable bonds is 9. The number of hydrogen-bond acceptors (Lipinski definition) is 1.